The zero-order valence-corrected chi connectivity index (χ0v) is 12.1. The van der Waals surface area contributed by atoms with E-state index in [1.54, 1.807) is 13.0 Å². The monoisotopic (exact) mass is 274 g/mol. The molecule has 1 aromatic heterocycles. The smallest absolute Gasteiger partial charge is 0.219 e. The summed E-state index contributed by atoms with van der Waals surface area (Å²) in [5.74, 6) is 0.229. The molecular weight excluding hydrogens is 252 g/mol. The van der Waals surface area contributed by atoms with Crippen molar-refractivity contribution < 1.29 is 12.9 Å². The number of nitrogens with zero attached hydrogens (tertiary/aromatic N) is 1. The summed E-state index contributed by atoms with van der Waals surface area (Å²) in [6, 6.07) is 1.60. The molecule has 1 atom stereocenters. The van der Waals surface area contributed by atoms with E-state index in [0.717, 1.165) is 25.7 Å². The molecule has 0 aliphatic heterocycles. The lowest BCUT2D eigenvalue weighted by molar-refractivity contribution is 0.388. The first-order chi connectivity index (χ1) is 8.43. The van der Waals surface area contributed by atoms with Gasteiger partial charge < -0.3 is 4.52 Å². The third-order valence-corrected chi connectivity index (χ3v) is 4.06. The molecule has 104 valence electrons. The van der Waals surface area contributed by atoms with Crippen molar-refractivity contribution in [2.24, 2.45) is 0 Å². The summed E-state index contributed by atoms with van der Waals surface area (Å²) >= 11 is 0. The maximum atomic E-state index is 11.9. The number of rotatable bonds is 8. The molecule has 1 heterocycles. The molecule has 0 saturated carbocycles. The fourth-order valence-corrected chi connectivity index (χ4v) is 3.10. The van der Waals surface area contributed by atoms with Crippen molar-refractivity contribution in [2.45, 2.75) is 58.2 Å². The molecule has 0 radical (unpaired) electrons. The second kappa shape index (κ2) is 6.89. The molecule has 0 amide bonds. The first kappa shape index (κ1) is 15.2. The Morgan fingerprint density at radius 3 is 2.72 bits per heavy atom. The van der Waals surface area contributed by atoms with E-state index in [-0.39, 0.29) is 11.8 Å². The highest BCUT2D eigenvalue weighted by Crippen LogP contribution is 2.09. The highest BCUT2D eigenvalue weighted by Gasteiger charge is 2.17. The van der Waals surface area contributed by atoms with Gasteiger partial charge in [-0.1, -0.05) is 31.3 Å². The summed E-state index contributed by atoms with van der Waals surface area (Å²) in [4.78, 5) is 0. The van der Waals surface area contributed by atoms with Gasteiger partial charge in [0.05, 0.1) is 5.69 Å². The van der Waals surface area contributed by atoms with Crippen LogP contribution in [0.15, 0.2) is 10.6 Å². The minimum absolute atomic E-state index is 0.0365. The van der Waals surface area contributed by atoms with E-state index in [2.05, 4.69) is 16.8 Å². The van der Waals surface area contributed by atoms with E-state index in [1.807, 2.05) is 6.92 Å². The molecule has 0 aliphatic carbocycles. The molecule has 18 heavy (non-hydrogen) atoms. The molecule has 0 fully saturated rings. The van der Waals surface area contributed by atoms with Crippen LogP contribution in [-0.2, 0) is 15.8 Å². The van der Waals surface area contributed by atoms with Crippen molar-refractivity contribution in [3.8, 4) is 0 Å². The average Bonchev–Trinajstić information content (AvgIpc) is 2.62. The lowest BCUT2D eigenvalue weighted by atomic mass is 10.1. The molecule has 1 N–H and O–H groups in total. The summed E-state index contributed by atoms with van der Waals surface area (Å²) in [7, 11) is -3.34. The van der Waals surface area contributed by atoms with Crippen LogP contribution < -0.4 is 4.72 Å². The molecule has 5 nitrogen and oxygen atoms in total. The fraction of sp³-hybridized carbons (Fsp3) is 0.750. The van der Waals surface area contributed by atoms with Crippen molar-refractivity contribution >= 4 is 10.0 Å². The van der Waals surface area contributed by atoms with Crippen LogP contribution in [0.5, 0.6) is 0 Å². The number of aromatic nitrogens is 1. The standard InChI is InChI=1S/C12H22N2O3S/c1-4-5-6-7-10(2)14-18(15,16)9-12-8-11(3)13-17-12/h8,10,14H,4-7,9H2,1-3H3/t10-/m0/s1. The van der Waals surface area contributed by atoms with Gasteiger partial charge in [-0.05, 0) is 20.3 Å². The zero-order valence-electron chi connectivity index (χ0n) is 11.3. The van der Waals surface area contributed by atoms with E-state index in [0.29, 0.717) is 11.5 Å². The summed E-state index contributed by atoms with van der Waals surface area (Å²) in [5, 5.41) is 3.67. The van der Waals surface area contributed by atoms with Crippen molar-refractivity contribution in [2.75, 3.05) is 0 Å². The average molecular weight is 274 g/mol. The van der Waals surface area contributed by atoms with E-state index < -0.39 is 10.0 Å². The van der Waals surface area contributed by atoms with Crippen LogP contribution in [0.3, 0.4) is 0 Å². The van der Waals surface area contributed by atoms with Crippen LogP contribution in [0, 0.1) is 6.92 Å². The first-order valence-corrected chi connectivity index (χ1v) is 8.00. The number of unbranched alkanes of at least 4 members (excludes halogenated alkanes) is 2. The topological polar surface area (TPSA) is 72.2 Å². The third kappa shape index (κ3) is 5.64. The molecule has 0 spiro atoms. The summed E-state index contributed by atoms with van der Waals surface area (Å²) < 4.78 is 31.3. The zero-order chi connectivity index (χ0) is 13.6. The predicted molar refractivity (Wildman–Crippen MR) is 70.6 cm³/mol. The van der Waals surface area contributed by atoms with E-state index in [1.165, 1.54) is 0 Å². The number of nitrogens with one attached hydrogen (secondary N) is 1. The molecule has 0 bridgehead atoms. The second-order valence-electron chi connectivity index (χ2n) is 4.71. The van der Waals surface area contributed by atoms with Gasteiger partial charge in [-0.3, -0.25) is 0 Å². The highest BCUT2D eigenvalue weighted by atomic mass is 32.2. The summed E-state index contributed by atoms with van der Waals surface area (Å²) in [5.41, 5.74) is 0.691. The summed E-state index contributed by atoms with van der Waals surface area (Å²) in [6.07, 6.45) is 4.17. The Labute approximate surface area is 109 Å². The maximum Gasteiger partial charge on any atom is 0.219 e. The molecule has 1 rings (SSSR count). The number of sulfonamides is 1. The normalized spacial score (nSPS) is 13.7. The molecular formula is C12H22N2O3S. The van der Waals surface area contributed by atoms with Gasteiger partial charge in [0.2, 0.25) is 10.0 Å². The van der Waals surface area contributed by atoms with Crippen molar-refractivity contribution in [3.63, 3.8) is 0 Å². The van der Waals surface area contributed by atoms with Crippen molar-refractivity contribution in [3.05, 3.63) is 17.5 Å². The third-order valence-electron chi connectivity index (χ3n) is 2.63. The molecule has 0 saturated heterocycles. The Hall–Kier alpha value is -0.880. The van der Waals surface area contributed by atoms with Crippen LogP contribution in [0.25, 0.3) is 0 Å². The second-order valence-corrected chi connectivity index (χ2v) is 6.46. The van der Waals surface area contributed by atoms with Crippen LogP contribution in [0.4, 0.5) is 0 Å². The molecule has 0 aliphatic rings. The van der Waals surface area contributed by atoms with Crippen LogP contribution >= 0.6 is 0 Å². The van der Waals surface area contributed by atoms with Crippen LogP contribution in [0.2, 0.25) is 0 Å². The highest BCUT2D eigenvalue weighted by molar-refractivity contribution is 7.88. The van der Waals surface area contributed by atoms with Gasteiger partial charge in [0.1, 0.15) is 5.75 Å². The fourth-order valence-electron chi connectivity index (χ4n) is 1.78. The first-order valence-electron chi connectivity index (χ1n) is 6.35. The predicted octanol–water partition coefficient (Wildman–Crippen LogP) is 2.37. The Morgan fingerprint density at radius 1 is 1.44 bits per heavy atom. The Bertz CT molecular complexity index is 454. The lowest BCUT2D eigenvalue weighted by Crippen LogP contribution is -2.33. The largest absolute Gasteiger partial charge is 0.360 e. The Balaban J connectivity index is 2.44. The quantitative estimate of drug-likeness (QED) is 0.739. The van der Waals surface area contributed by atoms with E-state index >= 15 is 0 Å². The molecule has 1 aromatic rings. The van der Waals surface area contributed by atoms with Gasteiger partial charge in [-0.25, -0.2) is 13.1 Å². The minimum Gasteiger partial charge on any atom is -0.360 e. The molecule has 6 heteroatoms. The van der Waals surface area contributed by atoms with Crippen molar-refractivity contribution in [1.29, 1.82) is 0 Å². The van der Waals surface area contributed by atoms with Gasteiger partial charge >= 0.3 is 0 Å². The number of hydrogen-bond donors (Lipinski definition) is 1. The Morgan fingerprint density at radius 2 is 2.17 bits per heavy atom. The van der Waals surface area contributed by atoms with Crippen LogP contribution in [0.1, 0.15) is 51.0 Å². The van der Waals surface area contributed by atoms with Crippen LogP contribution in [-0.4, -0.2) is 19.6 Å². The molecule has 0 aromatic carbocycles. The maximum absolute atomic E-state index is 11.9. The van der Waals surface area contributed by atoms with Gasteiger partial charge in [0.15, 0.2) is 5.76 Å². The van der Waals surface area contributed by atoms with Gasteiger partial charge in [-0.15, -0.1) is 0 Å². The van der Waals surface area contributed by atoms with Gasteiger partial charge in [0, 0.05) is 12.1 Å². The number of aryl methyl sites for hydroxylation is 1. The summed E-state index contributed by atoms with van der Waals surface area (Å²) in [6.45, 7) is 5.78. The van der Waals surface area contributed by atoms with E-state index in [9.17, 15) is 8.42 Å². The molecule has 0 unspecified atom stereocenters. The number of hydrogen-bond acceptors (Lipinski definition) is 4. The Kier molecular flexibility index (Phi) is 5.81. The van der Waals surface area contributed by atoms with Gasteiger partial charge in [0.25, 0.3) is 0 Å². The lowest BCUT2D eigenvalue weighted by Gasteiger charge is -2.12. The SMILES string of the molecule is CCCCC[C@H](C)NS(=O)(=O)Cc1cc(C)no1. The minimum atomic E-state index is -3.34. The van der Waals surface area contributed by atoms with Gasteiger partial charge in [-0.2, -0.15) is 0 Å². The van der Waals surface area contributed by atoms with E-state index in [4.69, 9.17) is 4.52 Å². The van der Waals surface area contributed by atoms with Crippen molar-refractivity contribution in [1.82, 2.24) is 9.88 Å².